The Labute approximate surface area is 68.1 Å². The lowest BCUT2D eigenvalue weighted by Crippen LogP contribution is -2.09. The minimum absolute atomic E-state index is 0.0537. The van der Waals surface area contributed by atoms with Gasteiger partial charge in [0.2, 0.25) is 10.0 Å². The van der Waals surface area contributed by atoms with Gasteiger partial charge in [-0.05, 0) is 0 Å². The first kappa shape index (κ1) is 8.60. The van der Waals surface area contributed by atoms with Crippen molar-refractivity contribution >= 4 is 21.4 Å². The van der Waals surface area contributed by atoms with Crippen LogP contribution >= 0.6 is 11.3 Å². The summed E-state index contributed by atoms with van der Waals surface area (Å²) in [4.78, 5) is 3.74. The zero-order valence-corrected chi connectivity index (χ0v) is 7.15. The third-order valence-electron chi connectivity index (χ3n) is 0.987. The molecule has 1 aromatic heterocycles. The second-order valence-electron chi connectivity index (χ2n) is 1.82. The predicted molar refractivity (Wildman–Crippen MR) is 41.4 cm³/mol. The molecule has 0 aromatic carbocycles. The van der Waals surface area contributed by atoms with Gasteiger partial charge in [0.1, 0.15) is 5.01 Å². The molecule has 0 aliphatic carbocycles. The van der Waals surface area contributed by atoms with E-state index in [4.69, 9.17) is 10.9 Å². The van der Waals surface area contributed by atoms with E-state index in [0.717, 1.165) is 11.3 Å². The number of aromatic nitrogens is 1. The van der Waals surface area contributed by atoms with Crippen molar-refractivity contribution in [1.82, 2.24) is 4.98 Å². The Bertz CT molecular complexity index is 342. The fourth-order valence-corrected chi connectivity index (χ4v) is 2.00. The first-order valence-corrected chi connectivity index (χ1v) is 5.08. The SMILES string of the molecule is NCc1ncc(S(N)(=O)=O)s1. The van der Waals surface area contributed by atoms with Crippen LogP contribution in [0.25, 0.3) is 0 Å². The Hall–Kier alpha value is -0.500. The summed E-state index contributed by atoms with van der Waals surface area (Å²) in [6.45, 7) is 0.236. The van der Waals surface area contributed by atoms with Crippen molar-refractivity contribution < 1.29 is 8.42 Å². The topological polar surface area (TPSA) is 99.1 Å². The number of nitrogens with zero attached hydrogens (tertiary/aromatic N) is 1. The van der Waals surface area contributed by atoms with Gasteiger partial charge in [-0.3, -0.25) is 0 Å². The summed E-state index contributed by atoms with van der Waals surface area (Å²) in [5.74, 6) is 0. The van der Waals surface area contributed by atoms with Gasteiger partial charge in [0.15, 0.2) is 4.21 Å². The maximum absolute atomic E-state index is 10.7. The monoisotopic (exact) mass is 193 g/mol. The van der Waals surface area contributed by atoms with Crippen molar-refractivity contribution in [3.63, 3.8) is 0 Å². The Morgan fingerprint density at radius 1 is 1.64 bits per heavy atom. The second kappa shape index (κ2) is 2.86. The van der Waals surface area contributed by atoms with Crippen LogP contribution in [0.5, 0.6) is 0 Å². The summed E-state index contributed by atoms with van der Waals surface area (Å²) >= 11 is 0.991. The molecule has 5 nitrogen and oxygen atoms in total. The molecule has 0 saturated heterocycles. The van der Waals surface area contributed by atoms with Crippen molar-refractivity contribution in [3.05, 3.63) is 11.2 Å². The summed E-state index contributed by atoms with van der Waals surface area (Å²) in [5.41, 5.74) is 5.22. The van der Waals surface area contributed by atoms with E-state index in [1.165, 1.54) is 6.20 Å². The summed E-state index contributed by atoms with van der Waals surface area (Å²) in [5, 5.41) is 5.39. The van der Waals surface area contributed by atoms with Crippen molar-refractivity contribution in [3.8, 4) is 0 Å². The standard InChI is InChI=1S/C4H7N3O2S2/c5-1-3-7-2-4(10-3)11(6,8)9/h2H,1,5H2,(H2,6,8,9). The van der Waals surface area contributed by atoms with Crippen LogP contribution in [0.15, 0.2) is 10.4 Å². The first-order valence-electron chi connectivity index (χ1n) is 2.71. The summed E-state index contributed by atoms with van der Waals surface area (Å²) in [7, 11) is -3.59. The van der Waals surface area contributed by atoms with Gasteiger partial charge in [-0.2, -0.15) is 0 Å². The summed E-state index contributed by atoms with van der Waals surface area (Å²) < 4.78 is 21.4. The molecule has 0 aliphatic heterocycles. The molecule has 0 saturated carbocycles. The number of primary sulfonamides is 1. The molecule has 1 rings (SSSR count). The number of rotatable bonds is 2. The Balaban J connectivity index is 3.09. The lowest BCUT2D eigenvalue weighted by Gasteiger charge is -1.86. The van der Waals surface area contributed by atoms with E-state index >= 15 is 0 Å². The highest BCUT2D eigenvalue weighted by atomic mass is 32.2. The van der Waals surface area contributed by atoms with Gasteiger partial charge in [0, 0.05) is 6.54 Å². The number of hydrogen-bond donors (Lipinski definition) is 2. The van der Waals surface area contributed by atoms with Gasteiger partial charge >= 0.3 is 0 Å². The van der Waals surface area contributed by atoms with E-state index in [-0.39, 0.29) is 10.8 Å². The van der Waals surface area contributed by atoms with Gasteiger partial charge in [-0.1, -0.05) is 0 Å². The first-order chi connectivity index (χ1) is 5.04. The van der Waals surface area contributed by atoms with E-state index in [2.05, 4.69) is 4.98 Å². The van der Waals surface area contributed by atoms with Crippen LogP contribution in [0.3, 0.4) is 0 Å². The Kier molecular flexibility index (Phi) is 2.23. The lowest BCUT2D eigenvalue weighted by molar-refractivity contribution is 0.599. The van der Waals surface area contributed by atoms with Gasteiger partial charge in [-0.15, -0.1) is 11.3 Å². The van der Waals surface area contributed by atoms with Crippen LogP contribution < -0.4 is 10.9 Å². The van der Waals surface area contributed by atoms with E-state index in [0.29, 0.717) is 5.01 Å². The molecular formula is C4H7N3O2S2. The molecule has 0 bridgehead atoms. The maximum Gasteiger partial charge on any atom is 0.249 e. The van der Waals surface area contributed by atoms with Crippen molar-refractivity contribution in [1.29, 1.82) is 0 Å². The van der Waals surface area contributed by atoms with E-state index in [9.17, 15) is 8.42 Å². The molecule has 0 aliphatic rings. The summed E-state index contributed by atoms with van der Waals surface area (Å²) in [6.07, 6.45) is 1.21. The number of nitrogens with two attached hydrogens (primary N) is 2. The highest BCUT2D eigenvalue weighted by molar-refractivity contribution is 7.91. The van der Waals surface area contributed by atoms with Crippen LogP contribution in [0, 0.1) is 0 Å². The predicted octanol–water partition coefficient (Wildman–Crippen LogP) is -0.751. The molecule has 62 valence electrons. The minimum atomic E-state index is -3.59. The van der Waals surface area contributed by atoms with Crippen LogP contribution in [0.4, 0.5) is 0 Å². The van der Waals surface area contributed by atoms with Crippen LogP contribution in [-0.4, -0.2) is 13.4 Å². The van der Waals surface area contributed by atoms with Crippen LogP contribution in [0.1, 0.15) is 5.01 Å². The maximum atomic E-state index is 10.7. The highest BCUT2D eigenvalue weighted by Gasteiger charge is 2.11. The molecular weight excluding hydrogens is 186 g/mol. The van der Waals surface area contributed by atoms with Crippen molar-refractivity contribution in [2.24, 2.45) is 10.9 Å². The minimum Gasteiger partial charge on any atom is -0.325 e. The smallest absolute Gasteiger partial charge is 0.249 e. The zero-order valence-electron chi connectivity index (χ0n) is 5.52. The van der Waals surface area contributed by atoms with Gasteiger partial charge < -0.3 is 5.73 Å². The molecule has 0 amide bonds. The lowest BCUT2D eigenvalue weighted by atomic mass is 10.7. The second-order valence-corrected chi connectivity index (χ2v) is 4.73. The van der Waals surface area contributed by atoms with E-state index < -0.39 is 10.0 Å². The normalized spacial score (nSPS) is 11.8. The molecule has 0 radical (unpaired) electrons. The molecule has 0 unspecified atom stereocenters. The highest BCUT2D eigenvalue weighted by Crippen LogP contribution is 2.15. The van der Waals surface area contributed by atoms with E-state index in [1.807, 2.05) is 0 Å². The fourth-order valence-electron chi connectivity index (χ4n) is 0.519. The van der Waals surface area contributed by atoms with Gasteiger partial charge in [0.05, 0.1) is 6.20 Å². The van der Waals surface area contributed by atoms with Crippen LogP contribution in [0.2, 0.25) is 0 Å². The zero-order chi connectivity index (χ0) is 8.48. The molecule has 0 spiro atoms. The molecule has 11 heavy (non-hydrogen) atoms. The fraction of sp³-hybridized carbons (Fsp3) is 0.250. The average molecular weight is 193 g/mol. The Morgan fingerprint density at radius 2 is 2.27 bits per heavy atom. The van der Waals surface area contributed by atoms with Crippen molar-refractivity contribution in [2.75, 3.05) is 0 Å². The quantitative estimate of drug-likeness (QED) is 0.645. The van der Waals surface area contributed by atoms with E-state index in [1.54, 1.807) is 0 Å². The number of thiazole rings is 1. The molecule has 7 heteroatoms. The molecule has 0 fully saturated rings. The third kappa shape index (κ3) is 1.96. The summed E-state index contributed by atoms with van der Waals surface area (Å²) in [6, 6.07) is 0. The largest absolute Gasteiger partial charge is 0.325 e. The number of hydrogen-bond acceptors (Lipinski definition) is 5. The molecule has 1 aromatic rings. The Morgan fingerprint density at radius 3 is 2.55 bits per heavy atom. The third-order valence-corrected chi connectivity index (χ3v) is 3.41. The number of sulfonamides is 1. The molecule has 0 atom stereocenters. The van der Waals surface area contributed by atoms with Gasteiger partial charge in [0.25, 0.3) is 0 Å². The van der Waals surface area contributed by atoms with Crippen LogP contribution in [-0.2, 0) is 16.6 Å². The van der Waals surface area contributed by atoms with Crippen molar-refractivity contribution in [2.45, 2.75) is 10.8 Å². The molecule has 4 N–H and O–H groups in total. The van der Waals surface area contributed by atoms with Gasteiger partial charge in [-0.25, -0.2) is 18.5 Å². The molecule has 1 heterocycles. The average Bonchev–Trinajstić information content (AvgIpc) is 2.32.